The monoisotopic (exact) mass is 206 g/mol. The Kier molecular flexibility index (Phi) is 2.12. The highest BCUT2D eigenvalue weighted by molar-refractivity contribution is 5.77. The second-order valence-electron chi connectivity index (χ2n) is 3.37. The number of hydrogen-bond acceptors (Lipinski definition) is 4. The number of non-ortho nitro benzene ring substituents is 1. The summed E-state index contributed by atoms with van der Waals surface area (Å²) in [6, 6.07) is 4.28. The summed E-state index contributed by atoms with van der Waals surface area (Å²) >= 11 is 0. The van der Waals surface area contributed by atoms with Gasteiger partial charge in [-0.1, -0.05) is 0 Å². The van der Waals surface area contributed by atoms with E-state index in [1.165, 1.54) is 12.1 Å². The summed E-state index contributed by atoms with van der Waals surface area (Å²) in [5.41, 5.74) is 7.00. The van der Waals surface area contributed by atoms with E-state index in [4.69, 9.17) is 5.73 Å². The van der Waals surface area contributed by atoms with Crippen molar-refractivity contribution in [2.45, 2.75) is 13.0 Å². The number of aromatic amines is 1. The van der Waals surface area contributed by atoms with Crippen LogP contribution in [-0.2, 0) is 0 Å². The fraction of sp³-hybridized carbons (Fsp3) is 0.222. The van der Waals surface area contributed by atoms with Gasteiger partial charge in [0.1, 0.15) is 5.82 Å². The Labute approximate surface area is 85.3 Å². The Balaban J connectivity index is 2.57. The predicted octanol–water partition coefficient (Wildman–Crippen LogP) is 1.49. The molecule has 3 N–H and O–H groups in total. The van der Waals surface area contributed by atoms with Crippen LogP contribution >= 0.6 is 0 Å². The molecule has 6 heteroatoms. The zero-order chi connectivity index (χ0) is 11.0. The number of benzene rings is 1. The van der Waals surface area contributed by atoms with E-state index in [9.17, 15) is 10.1 Å². The van der Waals surface area contributed by atoms with Gasteiger partial charge in [0.2, 0.25) is 0 Å². The van der Waals surface area contributed by atoms with E-state index in [1.54, 1.807) is 13.0 Å². The quantitative estimate of drug-likeness (QED) is 0.574. The van der Waals surface area contributed by atoms with Gasteiger partial charge in [-0.25, -0.2) is 4.98 Å². The van der Waals surface area contributed by atoms with Gasteiger partial charge in [-0.3, -0.25) is 10.1 Å². The van der Waals surface area contributed by atoms with Crippen molar-refractivity contribution in [1.29, 1.82) is 0 Å². The number of nitrogens with two attached hydrogens (primary N) is 1. The normalized spacial score (nSPS) is 12.9. The number of fused-ring (bicyclic) bond motifs is 1. The Morgan fingerprint density at radius 2 is 2.33 bits per heavy atom. The smallest absolute Gasteiger partial charge is 0.271 e. The van der Waals surface area contributed by atoms with E-state index < -0.39 is 4.92 Å². The summed E-state index contributed by atoms with van der Waals surface area (Å²) in [5, 5.41) is 10.5. The Morgan fingerprint density at radius 3 is 2.93 bits per heavy atom. The lowest BCUT2D eigenvalue weighted by molar-refractivity contribution is -0.384. The summed E-state index contributed by atoms with van der Waals surface area (Å²) in [6.45, 7) is 1.80. The molecule has 0 spiro atoms. The zero-order valence-electron chi connectivity index (χ0n) is 8.10. The van der Waals surface area contributed by atoms with Crippen molar-refractivity contribution >= 4 is 16.7 Å². The van der Waals surface area contributed by atoms with Gasteiger partial charge in [-0.05, 0) is 13.0 Å². The van der Waals surface area contributed by atoms with Gasteiger partial charge in [0.05, 0.1) is 22.0 Å². The fourth-order valence-corrected chi connectivity index (χ4v) is 1.34. The van der Waals surface area contributed by atoms with E-state index in [-0.39, 0.29) is 11.7 Å². The number of nitrogens with one attached hydrogen (secondary N) is 1. The summed E-state index contributed by atoms with van der Waals surface area (Å²) in [7, 11) is 0. The summed E-state index contributed by atoms with van der Waals surface area (Å²) in [6.07, 6.45) is 0. The molecule has 2 aromatic rings. The van der Waals surface area contributed by atoms with Crippen LogP contribution in [0.5, 0.6) is 0 Å². The minimum atomic E-state index is -0.445. The second kappa shape index (κ2) is 3.32. The third kappa shape index (κ3) is 1.66. The maximum atomic E-state index is 10.5. The second-order valence-corrected chi connectivity index (χ2v) is 3.37. The van der Waals surface area contributed by atoms with Gasteiger partial charge in [-0.2, -0.15) is 0 Å². The molecule has 0 bridgehead atoms. The van der Waals surface area contributed by atoms with Crippen LogP contribution in [0.1, 0.15) is 18.8 Å². The Hall–Kier alpha value is -1.95. The molecule has 6 nitrogen and oxygen atoms in total. The number of nitro benzene ring substituents is 1. The first kappa shape index (κ1) is 9.60. The summed E-state index contributed by atoms with van der Waals surface area (Å²) < 4.78 is 0. The first-order valence-corrected chi connectivity index (χ1v) is 4.47. The molecule has 0 fully saturated rings. The Morgan fingerprint density at radius 1 is 1.60 bits per heavy atom. The van der Waals surface area contributed by atoms with Crippen molar-refractivity contribution in [3.05, 3.63) is 34.1 Å². The SMILES string of the molecule is C[C@H](N)c1nc2cc([N+](=O)[O-])ccc2[nH]1. The third-order valence-corrected chi connectivity index (χ3v) is 2.13. The van der Waals surface area contributed by atoms with E-state index >= 15 is 0 Å². The van der Waals surface area contributed by atoms with Gasteiger partial charge < -0.3 is 10.7 Å². The summed E-state index contributed by atoms with van der Waals surface area (Å²) in [5.74, 6) is 0.630. The van der Waals surface area contributed by atoms with Crippen LogP contribution in [-0.4, -0.2) is 14.9 Å². The van der Waals surface area contributed by atoms with Crippen LogP contribution in [0, 0.1) is 10.1 Å². The third-order valence-electron chi connectivity index (χ3n) is 2.13. The molecule has 0 radical (unpaired) electrons. The zero-order valence-corrected chi connectivity index (χ0v) is 8.10. The van der Waals surface area contributed by atoms with Gasteiger partial charge in [0.15, 0.2) is 0 Å². The molecule has 1 aromatic heterocycles. The lowest BCUT2D eigenvalue weighted by atomic mass is 10.3. The van der Waals surface area contributed by atoms with E-state index in [1.807, 2.05) is 0 Å². The van der Waals surface area contributed by atoms with E-state index in [0.29, 0.717) is 11.3 Å². The van der Waals surface area contributed by atoms with Gasteiger partial charge in [0.25, 0.3) is 5.69 Å². The number of H-pyrrole nitrogens is 1. The molecule has 0 saturated carbocycles. The van der Waals surface area contributed by atoms with E-state index in [0.717, 1.165) is 5.52 Å². The molecule has 1 heterocycles. The number of aromatic nitrogens is 2. The molecule has 0 saturated heterocycles. The van der Waals surface area contributed by atoms with Crippen molar-refractivity contribution in [3.63, 3.8) is 0 Å². The highest BCUT2D eigenvalue weighted by Crippen LogP contribution is 2.20. The first-order valence-electron chi connectivity index (χ1n) is 4.47. The largest absolute Gasteiger partial charge is 0.341 e. The van der Waals surface area contributed by atoms with Crippen LogP contribution in [0.4, 0.5) is 5.69 Å². The van der Waals surface area contributed by atoms with Gasteiger partial charge in [-0.15, -0.1) is 0 Å². The minimum absolute atomic E-state index is 0.0326. The highest BCUT2D eigenvalue weighted by atomic mass is 16.6. The lowest BCUT2D eigenvalue weighted by Crippen LogP contribution is -2.06. The molecule has 0 aliphatic carbocycles. The number of imidazole rings is 1. The predicted molar refractivity (Wildman–Crippen MR) is 55.4 cm³/mol. The van der Waals surface area contributed by atoms with Crippen LogP contribution in [0.2, 0.25) is 0 Å². The van der Waals surface area contributed by atoms with Crippen molar-refractivity contribution in [2.75, 3.05) is 0 Å². The van der Waals surface area contributed by atoms with Crippen LogP contribution in [0.3, 0.4) is 0 Å². The van der Waals surface area contributed by atoms with E-state index in [2.05, 4.69) is 9.97 Å². The van der Waals surface area contributed by atoms with Gasteiger partial charge in [0, 0.05) is 12.1 Å². The summed E-state index contributed by atoms with van der Waals surface area (Å²) in [4.78, 5) is 17.3. The molecular formula is C9H10N4O2. The van der Waals surface area contributed by atoms with Gasteiger partial charge >= 0.3 is 0 Å². The molecule has 0 aliphatic rings. The van der Waals surface area contributed by atoms with Crippen LogP contribution in [0.25, 0.3) is 11.0 Å². The van der Waals surface area contributed by atoms with Crippen molar-refractivity contribution in [3.8, 4) is 0 Å². The standard InChI is InChI=1S/C9H10N4O2/c1-5(10)9-11-7-3-2-6(13(14)15)4-8(7)12-9/h2-5H,10H2,1H3,(H,11,12)/t5-/m0/s1. The molecule has 2 rings (SSSR count). The first-order chi connectivity index (χ1) is 7.08. The fourth-order valence-electron chi connectivity index (χ4n) is 1.34. The maximum absolute atomic E-state index is 10.5. The average molecular weight is 206 g/mol. The minimum Gasteiger partial charge on any atom is -0.341 e. The molecule has 0 aliphatic heterocycles. The van der Waals surface area contributed by atoms with Crippen molar-refractivity contribution in [1.82, 2.24) is 9.97 Å². The molecule has 1 atom stereocenters. The molecule has 0 amide bonds. The molecule has 1 aromatic carbocycles. The number of rotatable bonds is 2. The maximum Gasteiger partial charge on any atom is 0.271 e. The topological polar surface area (TPSA) is 97.8 Å². The van der Waals surface area contributed by atoms with Crippen LogP contribution < -0.4 is 5.73 Å². The molecule has 0 unspecified atom stereocenters. The van der Waals surface area contributed by atoms with Crippen LogP contribution in [0.15, 0.2) is 18.2 Å². The lowest BCUT2D eigenvalue weighted by Gasteiger charge is -1.96. The molecular weight excluding hydrogens is 196 g/mol. The molecule has 15 heavy (non-hydrogen) atoms. The molecule has 78 valence electrons. The number of nitro groups is 1. The van der Waals surface area contributed by atoms with Crippen molar-refractivity contribution < 1.29 is 4.92 Å². The van der Waals surface area contributed by atoms with Crippen molar-refractivity contribution in [2.24, 2.45) is 5.73 Å². The Bertz CT molecular complexity index is 518. The average Bonchev–Trinajstić information content (AvgIpc) is 2.59. The number of hydrogen-bond donors (Lipinski definition) is 2. The number of nitrogens with zero attached hydrogens (tertiary/aromatic N) is 2. The highest BCUT2D eigenvalue weighted by Gasteiger charge is 2.10.